The molecule has 0 aliphatic carbocycles. The summed E-state index contributed by atoms with van der Waals surface area (Å²) in [6.45, 7) is 4.91. The number of ether oxygens (including phenoxy) is 3. The monoisotopic (exact) mass is 365 g/mol. The molecule has 140 valence electrons. The molecule has 0 spiro atoms. The molecule has 1 fully saturated rings. The Bertz CT molecular complexity index is 827. The lowest BCUT2D eigenvalue weighted by Gasteiger charge is -2.32. The zero-order chi connectivity index (χ0) is 19.1. The van der Waals surface area contributed by atoms with Gasteiger partial charge in [-0.1, -0.05) is 24.1 Å². The molecule has 0 aromatic heterocycles. The summed E-state index contributed by atoms with van der Waals surface area (Å²) in [5, 5.41) is 0. The number of carbonyl (C=O) groups excluding carboxylic acids is 1. The van der Waals surface area contributed by atoms with Crippen molar-refractivity contribution in [3.63, 3.8) is 0 Å². The summed E-state index contributed by atoms with van der Waals surface area (Å²) >= 11 is 0. The summed E-state index contributed by atoms with van der Waals surface area (Å²) in [5.41, 5.74) is 1.89. The second-order valence-corrected chi connectivity index (χ2v) is 6.45. The first-order valence-electron chi connectivity index (χ1n) is 8.93. The van der Waals surface area contributed by atoms with Crippen LogP contribution in [0, 0.1) is 12.3 Å². The molecule has 1 atom stereocenters. The van der Waals surface area contributed by atoms with Crippen molar-refractivity contribution >= 4 is 5.97 Å². The van der Waals surface area contributed by atoms with Gasteiger partial charge in [0.1, 0.15) is 24.2 Å². The van der Waals surface area contributed by atoms with Crippen LogP contribution in [0.3, 0.4) is 0 Å². The quantitative estimate of drug-likeness (QED) is 0.448. The molecule has 0 bridgehead atoms. The summed E-state index contributed by atoms with van der Waals surface area (Å²) in [6.07, 6.45) is 5.41. The van der Waals surface area contributed by atoms with Crippen LogP contribution in [-0.2, 0) is 16.1 Å². The van der Waals surface area contributed by atoms with Crippen LogP contribution in [0.25, 0.3) is 0 Å². The summed E-state index contributed by atoms with van der Waals surface area (Å²) in [7, 11) is 0. The largest absolute Gasteiger partial charge is 0.491 e. The second kappa shape index (κ2) is 9.22. The van der Waals surface area contributed by atoms with Crippen molar-refractivity contribution in [1.29, 1.82) is 0 Å². The highest BCUT2D eigenvalue weighted by atomic mass is 16.5. The van der Waals surface area contributed by atoms with E-state index in [-0.39, 0.29) is 12.1 Å². The van der Waals surface area contributed by atoms with E-state index in [1.54, 1.807) is 6.07 Å². The SMILES string of the molecule is C#Cc1cccc(OCC2CN(Cc3cccc(OC(C)=O)c3)CCO2)c1. The first-order valence-corrected chi connectivity index (χ1v) is 8.93. The number of esters is 1. The number of carbonyl (C=O) groups is 1. The Morgan fingerprint density at radius 3 is 2.89 bits per heavy atom. The Balaban J connectivity index is 1.53. The van der Waals surface area contributed by atoms with Gasteiger partial charge in [0, 0.05) is 32.1 Å². The van der Waals surface area contributed by atoms with Crippen LogP contribution >= 0.6 is 0 Å². The van der Waals surface area contributed by atoms with Gasteiger partial charge < -0.3 is 14.2 Å². The van der Waals surface area contributed by atoms with Crippen LogP contribution in [0.15, 0.2) is 48.5 Å². The number of benzene rings is 2. The molecule has 0 N–H and O–H groups in total. The van der Waals surface area contributed by atoms with Gasteiger partial charge in [-0.15, -0.1) is 6.42 Å². The lowest BCUT2D eigenvalue weighted by molar-refractivity contribution is -0.131. The van der Waals surface area contributed by atoms with Gasteiger partial charge in [0.15, 0.2) is 0 Å². The van der Waals surface area contributed by atoms with E-state index in [9.17, 15) is 4.79 Å². The molecular formula is C22H23NO4. The van der Waals surface area contributed by atoms with Crippen molar-refractivity contribution in [1.82, 2.24) is 4.90 Å². The molecule has 5 nitrogen and oxygen atoms in total. The fraction of sp³-hybridized carbons (Fsp3) is 0.318. The van der Waals surface area contributed by atoms with Crippen LogP contribution in [0.5, 0.6) is 11.5 Å². The molecule has 0 amide bonds. The van der Waals surface area contributed by atoms with Crippen molar-refractivity contribution in [3.8, 4) is 23.8 Å². The molecule has 2 aromatic carbocycles. The smallest absolute Gasteiger partial charge is 0.308 e. The molecule has 3 rings (SSSR count). The fourth-order valence-electron chi connectivity index (χ4n) is 3.02. The molecule has 5 heteroatoms. The predicted molar refractivity (Wildman–Crippen MR) is 103 cm³/mol. The van der Waals surface area contributed by atoms with Gasteiger partial charge in [0.05, 0.1) is 6.61 Å². The van der Waals surface area contributed by atoms with Gasteiger partial charge in [0.25, 0.3) is 0 Å². The van der Waals surface area contributed by atoms with Crippen LogP contribution < -0.4 is 9.47 Å². The number of terminal acetylenes is 1. The second-order valence-electron chi connectivity index (χ2n) is 6.45. The van der Waals surface area contributed by atoms with Crippen molar-refractivity contribution in [3.05, 3.63) is 59.7 Å². The third kappa shape index (κ3) is 5.85. The number of morpholine rings is 1. The normalized spacial score (nSPS) is 17.1. The van der Waals surface area contributed by atoms with E-state index >= 15 is 0 Å². The van der Waals surface area contributed by atoms with E-state index in [1.165, 1.54) is 6.92 Å². The topological polar surface area (TPSA) is 48.0 Å². The summed E-state index contributed by atoms with van der Waals surface area (Å²) in [4.78, 5) is 13.4. The lowest BCUT2D eigenvalue weighted by atomic mass is 10.2. The molecular weight excluding hydrogens is 342 g/mol. The Hall–Kier alpha value is -2.81. The van der Waals surface area contributed by atoms with Crippen LogP contribution in [0.1, 0.15) is 18.1 Å². The van der Waals surface area contributed by atoms with Gasteiger partial charge >= 0.3 is 5.97 Å². The lowest BCUT2D eigenvalue weighted by Crippen LogP contribution is -2.44. The number of nitrogens with zero attached hydrogens (tertiary/aromatic N) is 1. The highest BCUT2D eigenvalue weighted by Gasteiger charge is 2.21. The summed E-state index contributed by atoms with van der Waals surface area (Å²) in [5.74, 6) is 3.61. The van der Waals surface area contributed by atoms with Gasteiger partial charge in [-0.2, -0.15) is 0 Å². The summed E-state index contributed by atoms with van der Waals surface area (Å²) < 4.78 is 16.8. The molecule has 0 saturated carbocycles. The average Bonchev–Trinajstić information content (AvgIpc) is 2.67. The molecule has 27 heavy (non-hydrogen) atoms. The molecule has 1 saturated heterocycles. The Morgan fingerprint density at radius 2 is 2.07 bits per heavy atom. The zero-order valence-corrected chi connectivity index (χ0v) is 15.4. The number of hydrogen-bond acceptors (Lipinski definition) is 5. The minimum atomic E-state index is -0.315. The Kier molecular flexibility index (Phi) is 6.48. The predicted octanol–water partition coefficient (Wildman–Crippen LogP) is 2.87. The standard InChI is InChI=1S/C22H23NO4/c1-3-18-6-4-8-20(12-18)26-16-22-15-23(10-11-25-22)14-19-7-5-9-21(13-19)27-17(2)24/h1,4-9,12-13,22H,10-11,14-16H2,2H3. The molecule has 2 aromatic rings. The number of hydrogen-bond donors (Lipinski definition) is 0. The molecule has 1 aliphatic heterocycles. The van der Waals surface area contributed by atoms with E-state index in [0.717, 1.165) is 36.5 Å². The van der Waals surface area contributed by atoms with Crippen molar-refractivity contribution in [2.45, 2.75) is 19.6 Å². The van der Waals surface area contributed by atoms with E-state index in [0.29, 0.717) is 19.0 Å². The highest BCUT2D eigenvalue weighted by Crippen LogP contribution is 2.18. The highest BCUT2D eigenvalue weighted by molar-refractivity contribution is 5.69. The minimum absolute atomic E-state index is 0.00936. The maximum absolute atomic E-state index is 11.1. The molecule has 1 heterocycles. The first-order chi connectivity index (χ1) is 13.1. The maximum Gasteiger partial charge on any atom is 0.308 e. The molecule has 0 radical (unpaired) electrons. The van der Waals surface area contributed by atoms with Crippen LogP contribution in [0.4, 0.5) is 0 Å². The average molecular weight is 365 g/mol. The van der Waals surface area contributed by atoms with Gasteiger partial charge in [-0.05, 0) is 35.9 Å². The van der Waals surface area contributed by atoms with E-state index in [4.69, 9.17) is 20.6 Å². The number of rotatable bonds is 6. The van der Waals surface area contributed by atoms with E-state index < -0.39 is 0 Å². The van der Waals surface area contributed by atoms with Gasteiger partial charge in [-0.25, -0.2) is 0 Å². The fourth-order valence-corrected chi connectivity index (χ4v) is 3.02. The third-order valence-corrected chi connectivity index (χ3v) is 4.23. The summed E-state index contributed by atoms with van der Waals surface area (Å²) in [6, 6.07) is 15.1. The van der Waals surface area contributed by atoms with Crippen molar-refractivity contribution in [2.75, 3.05) is 26.3 Å². The van der Waals surface area contributed by atoms with Gasteiger partial charge in [0.2, 0.25) is 0 Å². The Labute approximate surface area is 159 Å². The Morgan fingerprint density at radius 1 is 1.26 bits per heavy atom. The minimum Gasteiger partial charge on any atom is -0.491 e. The van der Waals surface area contributed by atoms with E-state index in [2.05, 4.69) is 10.8 Å². The zero-order valence-electron chi connectivity index (χ0n) is 15.4. The van der Waals surface area contributed by atoms with Crippen molar-refractivity contribution < 1.29 is 19.0 Å². The van der Waals surface area contributed by atoms with Crippen LogP contribution in [-0.4, -0.2) is 43.3 Å². The molecule has 1 unspecified atom stereocenters. The maximum atomic E-state index is 11.1. The molecule has 1 aliphatic rings. The first kappa shape index (κ1) is 19.0. The van der Waals surface area contributed by atoms with Crippen LogP contribution in [0.2, 0.25) is 0 Å². The van der Waals surface area contributed by atoms with Crippen molar-refractivity contribution in [2.24, 2.45) is 0 Å². The third-order valence-electron chi connectivity index (χ3n) is 4.23. The van der Waals surface area contributed by atoms with E-state index in [1.807, 2.05) is 42.5 Å². The van der Waals surface area contributed by atoms with Gasteiger partial charge in [-0.3, -0.25) is 9.69 Å².